The van der Waals surface area contributed by atoms with E-state index < -0.39 is 0 Å². The zero-order chi connectivity index (χ0) is 18.1. The molecular formula is C19H18ClN3OS2. The van der Waals surface area contributed by atoms with Crippen LogP contribution in [0.15, 0.2) is 47.4 Å². The molecule has 0 saturated carbocycles. The number of thiazole rings is 1. The number of halogens is 1. The number of carbonyl (C=O) groups excluding carboxylic acids is 1. The fourth-order valence-electron chi connectivity index (χ4n) is 3.06. The van der Waals surface area contributed by atoms with E-state index in [4.69, 9.17) is 16.6 Å². The lowest BCUT2D eigenvalue weighted by Crippen LogP contribution is -2.48. The molecule has 134 valence electrons. The van der Waals surface area contributed by atoms with E-state index in [-0.39, 0.29) is 5.91 Å². The molecule has 2 aromatic carbocycles. The van der Waals surface area contributed by atoms with Crippen LogP contribution in [0.25, 0.3) is 10.2 Å². The van der Waals surface area contributed by atoms with Crippen molar-refractivity contribution < 1.29 is 4.79 Å². The summed E-state index contributed by atoms with van der Waals surface area (Å²) < 4.78 is 1.21. The van der Waals surface area contributed by atoms with Crippen molar-refractivity contribution in [3.63, 3.8) is 0 Å². The molecular weight excluding hydrogens is 386 g/mol. The van der Waals surface area contributed by atoms with Gasteiger partial charge in [-0.05, 0) is 36.6 Å². The number of carbonyl (C=O) groups is 1. The molecule has 1 aromatic heterocycles. The Kier molecular flexibility index (Phi) is 5.07. The summed E-state index contributed by atoms with van der Waals surface area (Å²) in [5.74, 6) is 0.00385. The Morgan fingerprint density at radius 1 is 1.15 bits per heavy atom. The third kappa shape index (κ3) is 3.41. The number of benzene rings is 2. The van der Waals surface area contributed by atoms with E-state index in [1.54, 1.807) is 35.2 Å². The molecule has 1 fully saturated rings. The van der Waals surface area contributed by atoms with E-state index in [0.717, 1.165) is 23.7 Å². The highest BCUT2D eigenvalue weighted by atomic mass is 35.5. The fraction of sp³-hybridized carbons (Fsp3) is 0.263. The molecule has 4 nitrogen and oxygen atoms in total. The number of nitrogens with zero attached hydrogens (tertiary/aromatic N) is 3. The van der Waals surface area contributed by atoms with Crippen LogP contribution in [-0.2, 0) is 0 Å². The number of fused-ring (bicyclic) bond motifs is 1. The Hall–Kier alpha value is -1.76. The minimum atomic E-state index is 0.00385. The summed E-state index contributed by atoms with van der Waals surface area (Å²) in [6, 6.07) is 13.6. The molecule has 0 unspecified atom stereocenters. The van der Waals surface area contributed by atoms with Crippen molar-refractivity contribution in [2.45, 2.75) is 4.90 Å². The Labute approximate surface area is 165 Å². The maximum Gasteiger partial charge on any atom is 0.255 e. The van der Waals surface area contributed by atoms with E-state index in [2.05, 4.69) is 29.4 Å². The first-order chi connectivity index (χ1) is 12.7. The summed E-state index contributed by atoms with van der Waals surface area (Å²) >= 11 is 9.62. The van der Waals surface area contributed by atoms with Gasteiger partial charge in [0.25, 0.3) is 5.91 Å². The number of thioether (sulfide) groups is 1. The lowest BCUT2D eigenvalue weighted by molar-refractivity contribution is 0.0747. The zero-order valence-electron chi connectivity index (χ0n) is 14.3. The second-order valence-corrected chi connectivity index (χ2v) is 8.39. The number of amides is 1. The minimum Gasteiger partial charge on any atom is -0.345 e. The molecule has 0 aliphatic carbocycles. The monoisotopic (exact) mass is 403 g/mol. The molecule has 1 aliphatic heterocycles. The normalized spacial score (nSPS) is 14.8. The van der Waals surface area contributed by atoms with Crippen LogP contribution in [0.4, 0.5) is 5.13 Å². The molecule has 1 saturated heterocycles. The maximum atomic E-state index is 12.7. The van der Waals surface area contributed by atoms with Gasteiger partial charge in [-0.25, -0.2) is 4.98 Å². The van der Waals surface area contributed by atoms with Gasteiger partial charge in [-0.15, -0.1) is 11.8 Å². The first-order valence-electron chi connectivity index (χ1n) is 8.39. The van der Waals surface area contributed by atoms with E-state index in [9.17, 15) is 4.79 Å². The lowest BCUT2D eigenvalue weighted by atomic mass is 10.2. The van der Waals surface area contributed by atoms with E-state index in [0.29, 0.717) is 23.7 Å². The summed E-state index contributed by atoms with van der Waals surface area (Å²) in [6.07, 6.45) is 2.08. The van der Waals surface area contributed by atoms with Crippen LogP contribution in [0.3, 0.4) is 0 Å². The van der Waals surface area contributed by atoms with Crippen LogP contribution < -0.4 is 4.90 Å². The summed E-state index contributed by atoms with van der Waals surface area (Å²) in [4.78, 5) is 22.8. The topological polar surface area (TPSA) is 36.4 Å². The molecule has 2 heterocycles. The molecule has 1 aliphatic rings. The van der Waals surface area contributed by atoms with Crippen molar-refractivity contribution >= 4 is 56.0 Å². The average molecular weight is 404 g/mol. The average Bonchev–Trinajstić information content (AvgIpc) is 3.11. The van der Waals surface area contributed by atoms with Crippen molar-refractivity contribution in [3.8, 4) is 0 Å². The Bertz CT molecular complexity index is 951. The number of piperazine rings is 1. The highest BCUT2D eigenvalue weighted by Gasteiger charge is 2.25. The van der Waals surface area contributed by atoms with Gasteiger partial charge in [-0.3, -0.25) is 4.79 Å². The van der Waals surface area contributed by atoms with Crippen LogP contribution in [0, 0.1) is 0 Å². The number of hydrogen-bond donors (Lipinski definition) is 0. The van der Waals surface area contributed by atoms with Crippen LogP contribution in [0.5, 0.6) is 0 Å². The van der Waals surface area contributed by atoms with Crippen LogP contribution in [0.1, 0.15) is 10.4 Å². The molecule has 0 spiro atoms. The van der Waals surface area contributed by atoms with Gasteiger partial charge in [0.2, 0.25) is 0 Å². The van der Waals surface area contributed by atoms with Crippen molar-refractivity contribution in [2.75, 3.05) is 37.3 Å². The standard InChI is InChI=1S/C19H18ClN3OS2/c1-25-13-6-7-16-17(12-13)26-19(21-16)23-10-8-22(9-11-23)18(24)14-4-2-3-5-15(14)20/h2-7,12H,8-11H2,1H3. The smallest absolute Gasteiger partial charge is 0.255 e. The predicted octanol–water partition coefficient (Wildman–Crippen LogP) is 4.63. The SMILES string of the molecule is CSc1ccc2nc(N3CCN(C(=O)c4ccccc4Cl)CC3)sc2c1. The largest absolute Gasteiger partial charge is 0.345 e. The van der Waals surface area contributed by atoms with Crippen molar-refractivity contribution in [2.24, 2.45) is 0 Å². The Balaban J connectivity index is 1.46. The van der Waals surface area contributed by atoms with Crippen LogP contribution >= 0.6 is 34.7 Å². The minimum absolute atomic E-state index is 0.00385. The quantitative estimate of drug-likeness (QED) is 0.597. The summed E-state index contributed by atoms with van der Waals surface area (Å²) in [7, 11) is 0. The molecule has 3 aromatic rings. The number of aromatic nitrogens is 1. The third-order valence-corrected chi connectivity index (χ3v) is 6.66. The van der Waals surface area contributed by atoms with Crippen LogP contribution in [0.2, 0.25) is 5.02 Å². The second kappa shape index (κ2) is 7.47. The molecule has 0 N–H and O–H groups in total. The van der Waals surface area contributed by atoms with Gasteiger partial charge in [-0.2, -0.15) is 0 Å². The Morgan fingerprint density at radius 2 is 1.92 bits per heavy atom. The van der Waals surface area contributed by atoms with Gasteiger partial charge in [0.05, 0.1) is 20.8 Å². The van der Waals surface area contributed by atoms with Gasteiger partial charge in [-0.1, -0.05) is 35.1 Å². The Morgan fingerprint density at radius 3 is 2.65 bits per heavy atom. The molecule has 4 rings (SSSR count). The number of anilines is 1. The highest BCUT2D eigenvalue weighted by Crippen LogP contribution is 2.32. The van der Waals surface area contributed by atoms with Crippen LogP contribution in [-0.4, -0.2) is 48.2 Å². The van der Waals surface area contributed by atoms with Gasteiger partial charge in [0.15, 0.2) is 5.13 Å². The van der Waals surface area contributed by atoms with Crippen molar-refractivity contribution in [1.82, 2.24) is 9.88 Å². The first-order valence-corrected chi connectivity index (χ1v) is 10.8. The molecule has 0 atom stereocenters. The summed E-state index contributed by atoms with van der Waals surface area (Å²) in [5.41, 5.74) is 1.62. The predicted molar refractivity (Wildman–Crippen MR) is 111 cm³/mol. The van der Waals surface area contributed by atoms with Gasteiger partial charge in [0.1, 0.15) is 0 Å². The third-order valence-electron chi connectivity index (χ3n) is 4.53. The molecule has 1 amide bonds. The maximum absolute atomic E-state index is 12.7. The fourth-order valence-corrected chi connectivity index (χ4v) is 4.85. The van der Waals surface area contributed by atoms with Gasteiger partial charge < -0.3 is 9.80 Å². The molecule has 7 heteroatoms. The summed E-state index contributed by atoms with van der Waals surface area (Å²) in [6.45, 7) is 2.92. The molecule has 0 bridgehead atoms. The molecule has 0 radical (unpaired) electrons. The summed E-state index contributed by atoms with van der Waals surface area (Å²) in [5, 5.41) is 1.54. The van der Waals surface area contributed by atoms with E-state index in [1.165, 1.54) is 9.60 Å². The second-order valence-electron chi connectivity index (χ2n) is 6.09. The van der Waals surface area contributed by atoms with E-state index >= 15 is 0 Å². The van der Waals surface area contributed by atoms with Crippen molar-refractivity contribution in [1.29, 1.82) is 0 Å². The molecule has 26 heavy (non-hydrogen) atoms. The zero-order valence-corrected chi connectivity index (χ0v) is 16.7. The van der Waals surface area contributed by atoms with Crippen molar-refractivity contribution in [3.05, 3.63) is 53.1 Å². The highest BCUT2D eigenvalue weighted by molar-refractivity contribution is 7.98. The van der Waals surface area contributed by atoms with Gasteiger partial charge in [0, 0.05) is 31.1 Å². The van der Waals surface area contributed by atoms with Gasteiger partial charge >= 0.3 is 0 Å². The lowest BCUT2D eigenvalue weighted by Gasteiger charge is -2.34. The number of hydrogen-bond acceptors (Lipinski definition) is 5. The first kappa shape index (κ1) is 17.6. The van der Waals surface area contributed by atoms with E-state index in [1.807, 2.05) is 17.0 Å². The number of rotatable bonds is 3.